The minimum atomic E-state index is -0.323. The van der Waals surface area contributed by atoms with Gasteiger partial charge in [-0.25, -0.2) is 0 Å². The molecule has 1 aromatic heterocycles. The maximum Gasteiger partial charge on any atom is 0.319 e. The van der Waals surface area contributed by atoms with Gasteiger partial charge in [-0.3, -0.25) is 9.36 Å². The van der Waals surface area contributed by atoms with Crippen LogP contribution in [-0.2, 0) is 9.53 Å². The second-order valence-electron chi connectivity index (χ2n) is 4.66. The first-order valence-electron chi connectivity index (χ1n) is 6.86. The van der Waals surface area contributed by atoms with Crippen molar-refractivity contribution in [2.45, 2.75) is 38.1 Å². The lowest BCUT2D eigenvalue weighted by Gasteiger charge is -2.13. The van der Waals surface area contributed by atoms with Crippen LogP contribution in [0.1, 0.15) is 25.2 Å². The molecule has 2 aromatic rings. The molecule has 0 aliphatic heterocycles. The Kier molecular flexibility index (Phi) is 5.01. The van der Waals surface area contributed by atoms with Gasteiger partial charge in [-0.15, -0.1) is 10.2 Å². The Morgan fingerprint density at radius 1 is 1.33 bits per heavy atom. The predicted molar refractivity (Wildman–Crippen MR) is 82.8 cm³/mol. The predicted octanol–water partition coefficient (Wildman–Crippen LogP) is 2.93. The average Bonchev–Trinajstić information content (AvgIpc) is 2.81. The number of benzene rings is 1. The quantitative estimate of drug-likeness (QED) is 0.628. The maximum absolute atomic E-state index is 11.8. The van der Waals surface area contributed by atoms with Crippen LogP contribution in [0.5, 0.6) is 0 Å². The monoisotopic (exact) mass is 305 g/mol. The zero-order chi connectivity index (χ0) is 15.4. The first-order valence-corrected chi connectivity index (χ1v) is 7.73. The van der Waals surface area contributed by atoms with Gasteiger partial charge < -0.3 is 4.74 Å². The number of thioether (sulfide) groups is 1. The summed E-state index contributed by atoms with van der Waals surface area (Å²) in [6, 6.07) is 8.03. The highest BCUT2D eigenvalue weighted by molar-refractivity contribution is 8.00. The summed E-state index contributed by atoms with van der Waals surface area (Å²) >= 11 is 1.36. The number of hydrogen-bond acceptors (Lipinski definition) is 5. The van der Waals surface area contributed by atoms with Gasteiger partial charge in [-0.2, -0.15) is 0 Å². The normalized spacial score (nSPS) is 12.2. The summed E-state index contributed by atoms with van der Waals surface area (Å²) in [6.45, 7) is 7.94. The van der Waals surface area contributed by atoms with E-state index in [1.165, 1.54) is 11.8 Å². The van der Waals surface area contributed by atoms with E-state index in [9.17, 15) is 4.79 Å². The molecule has 6 heteroatoms. The van der Waals surface area contributed by atoms with Crippen molar-refractivity contribution in [3.8, 4) is 5.69 Å². The highest BCUT2D eigenvalue weighted by Crippen LogP contribution is 2.27. The van der Waals surface area contributed by atoms with Crippen LogP contribution in [-0.4, -0.2) is 32.6 Å². The molecule has 0 N–H and O–H groups in total. The van der Waals surface area contributed by atoms with Crippen LogP contribution in [0.15, 0.2) is 29.4 Å². The van der Waals surface area contributed by atoms with Gasteiger partial charge in [-0.05, 0) is 39.3 Å². The summed E-state index contributed by atoms with van der Waals surface area (Å²) in [5, 5.41) is 8.69. The number of aryl methyl sites for hydroxylation is 2. The van der Waals surface area contributed by atoms with Gasteiger partial charge in [-0.1, -0.05) is 30.0 Å². The molecule has 0 fully saturated rings. The van der Waals surface area contributed by atoms with Gasteiger partial charge in [0.2, 0.25) is 0 Å². The number of carbonyl (C=O) groups excluding carboxylic acids is 1. The molecule has 112 valence electrons. The van der Waals surface area contributed by atoms with Gasteiger partial charge >= 0.3 is 5.97 Å². The summed E-state index contributed by atoms with van der Waals surface area (Å²) in [4.78, 5) is 11.8. The Hall–Kier alpha value is -1.82. The third-order valence-corrected chi connectivity index (χ3v) is 4.07. The molecular weight excluding hydrogens is 286 g/mol. The van der Waals surface area contributed by atoms with E-state index in [1.807, 2.05) is 49.6 Å². The van der Waals surface area contributed by atoms with Gasteiger partial charge in [0.05, 0.1) is 12.3 Å². The van der Waals surface area contributed by atoms with Crippen molar-refractivity contribution in [3.05, 3.63) is 35.7 Å². The summed E-state index contributed by atoms with van der Waals surface area (Å²) in [7, 11) is 0. The number of hydrogen-bond donors (Lipinski definition) is 0. The molecule has 2 rings (SSSR count). The number of rotatable bonds is 5. The molecule has 0 bridgehead atoms. The number of ether oxygens (including phenoxy) is 1. The Labute approximate surface area is 128 Å². The van der Waals surface area contributed by atoms with E-state index in [0.29, 0.717) is 11.8 Å². The Morgan fingerprint density at radius 3 is 2.71 bits per heavy atom. The van der Waals surface area contributed by atoms with E-state index >= 15 is 0 Å². The maximum atomic E-state index is 11.8. The smallest absolute Gasteiger partial charge is 0.319 e. The molecule has 0 amide bonds. The molecule has 1 heterocycles. The number of nitrogens with zero attached hydrogens (tertiary/aromatic N) is 3. The van der Waals surface area contributed by atoms with E-state index < -0.39 is 0 Å². The fraction of sp³-hybridized carbons (Fsp3) is 0.400. The molecule has 0 aliphatic carbocycles. The van der Waals surface area contributed by atoms with E-state index in [-0.39, 0.29) is 11.2 Å². The molecule has 0 aliphatic rings. The van der Waals surface area contributed by atoms with Gasteiger partial charge in [0, 0.05) is 0 Å². The van der Waals surface area contributed by atoms with Crippen LogP contribution < -0.4 is 0 Å². The van der Waals surface area contributed by atoms with Crippen LogP contribution in [0.4, 0.5) is 0 Å². The summed E-state index contributed by atoms with van der Waals surface area (Å²) < 4.78 is 7.00. The van der Waals surface area contributed by atoms with E-state index in [2.05, 4.69) is 10.2 Å². The lowest BCUT2D eigenvalue weighted by Crippen LogP contribution is -2.17. The molecule has 0 unspecified atom stereocenters. The number of para-hydroxylation sites is 1. The minimum Gasteiger partial charge on any atom is -0.465 e. The van der Waals surface area contributed by atoms with Crippen LogP contribution in [0.2, 0.25) is 0 Å². The Bertz CT molecular complexity index is 640. The van der Waals surface area contributed by atoms with E-state index in [0.717, 1.165) is 17.1 Å². The van der Waals surface area contributed by atoms with Crippen LogP contribution in [0.3, 0.4) is 0 Å². The number of carbonyl (C=O) groups is 1. The SMILES string of the molecule is CCOC(=O)[C@@H](C)Sc1nnc(C)n1-c1ccccc1C. The summed E-state index contributed by atoms with van der Waals surface area (Å²) in [6.07, 6.45) is 0. The highest BCUT2D eigenvalue weighted by atomic mass is 32.2. The topological polar surface area (TPSA) is 57.0 Å². The highest BCUT2D eigenvalue weighted by Gasteiger charge is 2.21. The zero-order valence-electron chi connectivity index (χ0n) is 12.7. The van der Waals surface area contributed by atoms with Crippen molar-refractivity contribution in [1.82, 2.24) is 14.8 Å². The summed E-state index contributed by atoms with van der Waals surface area (Å²) in [5.41, 5.74) is 2.16. The van der Waals surface area contributed by atoms with Crippen molar-refractivity contribution in [2.24, 2.45) is 0 Å². The fourth-order valence-electron chi connectivity index (χ4n) is 1.98. The van der Waals surface area contributed by atoms with Crippen molar-refractivity contribution in [1.29, 1.82) is 0 Å². The van der Waals surface area contributed by atoms with Crippen molar-refractivity contribution in [2.75, 3.05) is 6.61 Å². The van der Waals surface area contributed by atoms with Gasteiger partial charge in [0.25, 0.3) is 0 Å². The second kappa shape index (κ2) is 6.76. The molecule has 5 nitrogen and oxygen atoms in total. The zero-order valence-corrected chi connectivity index (χ0v) is 13.5. The molecule has 0 saturated carbocycles. The molecule has 21 heavy (non-hydrogen) atoms. The lowest BCUT2D eigenvalue weighted by molar-refractivity contribution is -0.142. The van der Waals surface area contributed by atoms with Crippen molar-refractivity contribution < 1.29 is 9.53 Å². The minimum absolute atomic E-state index is 0.237. The van der Waals surface area contributed by atoms with Crippen LogP contribution in [0, 0.1) is 13.8 Å². The van der Waals surface area contributed by atoms with Crippen LogP contribution in [0.25, 0.3) is 5.69 Å². The van der Waals surface area contributed by atoms with Gasteiger partial charge in [0.1, 0.15) is 11.1 Å². The Morgan fingerprint density at radius 2 is 2.05 bits per heavy atom. The molecule has 0 radical (unpaired) electrons. The third kappa shape index (κ3) is 3.44. The molecule has 0 saturated heterocycles. The largest absolute Gasteiger partial charge is 0.465 e. The van der Waals surface area contributed by atoms with E-state index in [1.54, 1.807) is 6.92 Å². The van der Waals surface area contributed by atoms with Crippen molar-refractivity contribution >= 4 is 17.7 Å². The molecule has 0 spiro atoms. The standard InChI is InChI=1S/C15H19N3O2S/c1-5-20-14(19)11(3)21-15-17-16-12(4)18(15)13-9-7-6-8-10(13)2/h6-9,11H,5H2,1-4H3/t11-/m1/s1. The first kappa shape index (κ1) is 15.6. The third-order valence-electron chi connectivity index (χ3n) is 3.05. The molecule has 1 atom stereocenters. The fourth-order valence-corrected chi connectivity index (χ4v) is 2.88. The average molecular weight is 305 g/mol. The number of esters is 1. The first-order chi connectivity index (χ1) is 10.0. The van der Waals surface area contributed by atoms with Crippen LogP contribution >= 0.6 is 11.8 Å². The van der Waals surface area contributed by atoms with Crippen molar-refractivity contribution in [3.63, 3.8) is 0 Å². The molecule has 1 aromatic carbocycles. The summed E-state index contributed by atoms with van der Waals surface area (Å²) in [5.74, 6) is 0.558. The van der Waals surface area contributed by atoms with Gasteiger partial charge in [0.15, 0.2) is 5.16 Å². The lowest BCUT2D eigenvalue weighted by atomic mass is 10.2. The molecular formula is C15H19N3O2S. The number of aromatic nitrogens is 3. The Balaban J connectivity index is 2.31. The van der Waals surface area contributed by atoms with E-state index in [4.69, 9.17) is 4.74 Å². The second-order valence-corrected chi connectivity index (χ2v) is 5.97.